The minimum atomic E-state index is 0.281. The fourth-order valence-electron chi connectivity index (χ4n) is 3.45. The standard InChI is InChI=1S/C14H27NO2/c1-10(2)16-9-7-15-12-11-6-5-8-17-13(11)14(12,3)4/h10-13,15H,5-9H2,1-4H3. The van der Waals surface area contributed by atoms with Crippen molar-refractivity contribution in [2.75, 3.05) is 19.8 Å². The van der Waals surface area contributed by atoms with Gasteiger partial charge in [-0.05, 0) is 26.7 Å². The summed E-state index contributed by atoms with van der Waals surface area (Å²) < 4.78 is 11.5. The lowest BCUT2D eigenvalue weighted by Crippen LogP contribution is -2.69. The molecule has 1 aliphatic carbocycles. The van der Waals surface area contributed by atoms with Gasteiger partial charge in [0.1, 0.15) is 0 Å². The van der Waals surface area contributed by atoms with Crippen LogP contribution in [-0.2, 0) is 9.47 Å². The Labute approximate surface area is 105 Å². The Morgan fingerprint density at radius 2 is 2.18 bits per heavy atom. The topological polar surface area (TPSA) is 30.5 Å². The van der Waals surface area contributed by atoms with Crippen LogP contribution in [-0.4, -0.2) is 38.0 Å². The average molecular weight is 241 g/mol. The summed E-state index contributed by atoms with van der Waals surface area (Å²) in [5, 5.41) is 3.66. The van der Waals surface area contributed by atoms with Crippen LogP contribution in [0.25, 0.3) is 0 Å². The molecule has 0 spiro atoms. The molecule has 1 N–H and O–H groups in total. The Balaban J connectivity index is 1.76. The van der Waals surface area contributed by atoms with Gasteiger partial charge in [-0.15, -0.1) is 0 Å². The Hall–Kier alpha value is -0.120. The maximum Gasteiger partial charge on any atom is 0.0684 e. The zero-order valence-electron chi connectivity index (χ0n) is 11.7. The summed E-state index contributed by atoms with van der Waals surface area (Å²) in [4.78, 5) is 0. The summed E-state index contributed by atoms with van der Waals surface area (Å²) in [5.74, 6) is 0.720. The van der Waals surface area contributed by atoms with Crippen molar-refractivity contribution in [2.45, 2.75) is 58.8 Å². The summed E-state index contributed by atoms with van der Waals surface area (Å²) in [6.45, 7) is 11.5. The Morgan fingerprint density at radius 3 is 2.88 bits per heavy atom. The number of hydrogen-bond acceptors (Lipinski definition) is 3. The number of ether oxygens (including phenoxy) is 2. The number of rotatable bonds is 5. The van der Waals surface area contributed by atoms with E-state index in [1.807, 2.05) is 0 Å². The van der Waals surface area contributed by atoms with Gasteiger partial charge in [0.2, 0.25) is 0 Å². The van der Waals surface area contributed by atoms with Gasteiger partial charge in [0, 0.05) is 30.5 Å². The molecule has 1 heterocycles. The second kappa shape index (κ2) is 5.25. The average Bonchev–Trinajstić information content (AvgIpc) is 2.28. The molecule has 0 aromatic rings. The van der Waals surface area contributed by atoms with Crippen LogP contribution in [0.3, 0.4) is 0 Å². The zero-order valence-corrected chi connectivity index (χ0v) is 11.7. The van der Waals surface area contributed by atoms with E-state index in [0.717, 1.165) is 25.7 Å². The van der Waals surface area contributed by atoms with Gasteiger partial charge in [0.05, 0.1) is 18.8 Å². The number of fused-ring (bicyclic) bond motifs is 1. The smallest absolute Gasteiger partial charge is 0.0684 e. The quantitative estimate of drug-likeness (QED) is 0.749. The third-order valence-electron chi connectivity index (χ3n) is 4.25. The summed E-state index contributed by atoms with van der Waals surface area (Å²) in [7, 11) is 0. The molecule has 100 valence electrons. The minimum absolute atomic E-state index is 0.281. The van der Waals surface area contributed by atoms with Crippen LogP contribution in [0, 0.1) is 11.3 Å². The van der Waals surface area contributed by atoms with Crippen LogP contribution < -0.4 is 5.32 Å². The van der Waals surface area contributed by atoms with Crippen molar-refractivity contribution in [3.8, 4) is 0 Å². The van der Waals surface area contributed by atoms with E-state index in [-0.39, 0.29) is 5.41 Å². The highest BCUT2D eigenvalue weighted by atomic mass is 16.5. The van der Waals surface area contributed by atoms with E-state index >= 15 is 0 Å². The highest BCUT2D eigenvalue weighted by Gasteiger charge is 2.57. The third kappa shape index (κ3) is 2.67. The van der Waals surface area contributed by atoms with Crippen LogP contribution in [0.4, 0.5) is 0 Å². The largest absolute Gasteiger partial charge is 0.377 e. The molecule has 3 nitrogen and oxygen atoms in total. The molecule has 0 bridgehead atoms. The highest BCUT2D eigenvalue weighted by molar-refractivity contribution is 5.10. The van der Waals surface area contributed by atoms with Crippen molar-refractivity contribution in [2.24, 2.45) is 11.3 Å². The maximum absolute atomic E-state index is 5.90. The third-order valence-corrected chi connectivity index (χ3v) is 4.25. The molecule has 1 saturated heterocycles. The SMILES string of the molecule is CC(C)OCCNC1C2CCCOC2C1(C)C. The number of nitrogens with one attached hydrogen (secondary N) is 1. The fraction of sp³-hybridized carbons (Fsp3) is 1.00. The molecule has 0 aromatic heterocycles. The lowest BCUT2D eigenvalue weighted by molar-refractivity contribution is -0.193. The molecule has 3 heteroatoms. The Bertz CT molecular complexity index is 253. The van der Waals surface area contributed by atoms with Gasteiger partial charge in [-0.25, -0.2) is 0 Å². The second-order valence-corrected chi connectivity index (χ2v) is 6.27. The van der Waals surface area contributed by atoms with Crippen molar-refractivity contribution in [3.63, 3.8) is 0 Å². The van der Waals surface area contributed by atoms with Crippen molar-refractivity contribution < 1.29 is 9.47 Å². The molecule has 3 atom stereocenters. The fourth-order valence-corrected chi connectivity index (χ4v) is 3.45. The molecule has 0 radical (unpaired) electrons. The van der Waals surface area contributed by atoms with Crippen LogP contribution >= 0.6 is 0 Å². The second-order valence-electron chi connectivity index (χ2n) is 6.27. The monoisotopic (exact) mass is 241 g/mol. The van der Waals surface area contributed by atoms with Gasteiger partial charge in [0.15, 0.2) is 0 Å². The first-order chi connectivity index (χ1) is 8.03. The molecule has 1 saturated carbocycles. The van der Waals surface area contributed by atoms with E-state index in [4.69, 9.17) is 9.47 Å². The summed E-state index contributed by atoms with van der Waals surface area (Å²) in [5.41, 5.74) is 0.281. The maximum atomic E-state index is 5.90. The normalized spacial score (nSPS) is 35.5. The van der Waals surface area contributed by atoms with Crippen LogP contribution in [0.5, 0.6) is 0 Å². The van der Waals surface area contributed by atoms with Crippen molar-refractivity contribution >= 4 is 0 Å². The lowest BCUT2D eigenvalue weighted by Gasteiger charge is -2.60. The Morgan fingerprint density at radius 1 is 1.41 bits per heavy atom. The van der Waals surface area contributed by atoms with E-state index in [1.54, 1.807) is 0 Å². The molecular weight excluding hydrogens is 214 g/mol. The minimum Gasteiger partial charge on any atom is -0.377 e. The van der Waals surface area contributed by atoms with E-state index in [0.29, 0.717) is 18.2 Å². The van der Waals surface area contributed by atoms with Crippen LogP contribution in [0.2, 0.25) is 0 Å². The van der Waals surface area contributed by atoms with Gasteiger partial charge in [0.25, 0.3) is 0 Å². The predicted molar refractivity (Wildman–Crippen MR) is 69.1 cm³/mol. The van der Waals surface area contributed by atoms with Gasteiger partial charge < -0.3 is 14.8 Å². The highest BCUT2D eigenvalue weighted by Crippen LogP contribution is 2.51. The molecule has 1 aliphatic heterocycles. The van der Waals surface area contributed by atoms with Gasteiger partial charge in [-0.3, -0.25) is 0 Å². The summed E-state index contributed by atoms with van der Waals surface area (Å²) >= 11 is 0. The molecular formula is C14H27NO2. The zero-order chi connectivity index (χ0) is 12.5. The van der Waals surface area contributed by atoms with Crippen molar-refractivity contribution in [3.05, 3.63) is 0 Å². The van der Waals surface area contributed by atoms with E-state index in [2.05, 4.69) is 33.0 Å². The summed E-state index contributed by atoms with van der Waals surface area (Å²) in [6.07, 6.45) is 3.34. The van der Waals surface area contributed by atoms with Crippen molar-refractivity contribution in [1.82, 2.24) is 5.32 Å². The predicted octanol–water partition coefficient (Wildman–Crippen LogP) is 2.20. The first-order valence-electron chi connectivity index (χ1n) is 7.00. The molecule has 2 rings (SSSR count). The molecule has 3 unspecified atom stereocenters. The van der Waals surface area contributed by atoms with Crippen molar-refractivity contribution in [1.29, 1.82) is 0 Å². The van der Waals surface area contributed by atoms with Gasteiger partial charge >= 0.3 is 0 Å². The van der Waals surface area contributed by atoms with E-state index in [1.165, 1.54) is 12.8 Å². The molecule has 0 amide bonds. The van der Waals surface area contributed by atoms with Crippen LogP contribution in [0.1, 0.15) is 40.5 Å². The summed E-state index contributed by atoms with van der Waals surface area (Å²) in [6, 6.07) is 0.601. The molecule has 2 aliphatic rings. The Kier molecular flexibility index (Phi) is 4.11. The van der Waals surface area contributed by atoms with Crippen LogP contribution in [0.15, 0.2) is 0 Å². The molecule has 17 heavy (non-hydrogen) atoms. The molecule has 2 fully saturated rings. The van der Waals surface area contributed by atoms with E-state index < -0.39 is 0 Å². The van der Waals surface area contributed by atoms with Gasteiger partial charge in [-0.2, -0.15) is 0 Å². The lowest BCUT2D eigenvalue weighted by atomic mass is 9.55. The van der Waals surface area contributed by atoms with Gasteiger partial charge in [-0.1, -0.05) is 13.8 Å². The first-order valence-corrected chi connectivity index (χ1v) is 7.00. The van der Waals surface area contributed by atoms with E-state index in [9.17, 15) is 0 Å². The number of hydrogen-bond donors (Lipinski definition) is 1. The molecule has 0 aromatic carbocycles. The first kappa shape index (κ1) is 13.3.